The van der Waals surface area contributed by atoms with Gasteiger partial charge in [-0.2, -0.15) is 0 Å². The number of carbonyl (C=O) groups is 2. The maximum atomic E-state index is 14.1. The molecule has 0 radical (unpaired) electrons. The van der Waals surface area contributed by atoms with Crippen LogP contribution >= 0.6 is 0 Å². The Hall–Kier alpha value is -3.94. The number of para-hydroxylation sites is 1. The third-order valence-electron chi connectivity index (χ3n) is 6.57. The molecule has 0 saturated carbocycles. The summed E-state index contributed by atoms with van der Waals surface area (Å²) >= 11 is 0. The van der Waals surface area contributed by atoms with E-state index < -0.39 is 11.6 Å². The molecule has 0 spiro atoms. The van der Waals surface area contributed by atoms with Gasteiger partial charge in [-0.05, 0) is 81.6 Å². The van der Waals surface area contributed by atoms with E-state index in [4.69, 9.17) is 0 Å². The van der Waals surface area contributed by atoms with Crippen LogP contribution in [0.4, 0.5) is 5.69 Å². The predicted octanol–water partition coefficient (Wildman–Crippen LogP) is 4.47. The Kier molecular flexibility index (Phi) is 6.97. The Morgan fingerprint density at radius 2 is 1.75 bits per heavy atom. The summed E-state index contributed by atoms with van der Waals surface area (Å²) in [6, 6.07) is 16.3. The number of anilines is 1. The average molecular weight is 487 g/mol. The number of hydrogen-bond donors (Lipinski definition) is 1. The van der Waals surface area contributed by atoms with Gasteiger partial charge in [0.15, 0.2) is 6.04 Å². The van der Waals surface area contributed by atoms with Crippen LogP contribution in [0, 0.1) is 13.8 Å². The van der Waals surface area contributed by atoms with E-state index in [0.29, 0.717) is 11.2 Å². The molecule has 8 heteroatoms. The van der Waals surface area contributed by atoms with Gasteiger partial charge < -0.3 is 9.88 Å². The second kappa shape index (κ2) is 9.97. The molecule has 2 amide bonds. The third-order valence-corrected chi connectivity index (χ3v) is 6.57. The SMILES string of the molecule is CCC(C)(C)NC(=O)C(c1cccn1C)N(C(=O)Cn1nnc2ccccc21)c1cc(C)cc(C)c1. The van der Waals surface area contributed by atoms with E-state index in [2.05, 4.69) is 21.7 Å². The number of hydrogen-bond acceptors (Lipinski definition) is 4. The zero-order valence-electron chi connectivity index (χ0n) is 21.8. The van der Waals surface area contributed by atoms with E-state index in [1.165, 1.54) is 0 Å². The van der Waals surface area contributed by atoms with Crippen molar-refractivity contribution >= 4 is 28.5 Å². The monoisotopic (exact) mass is 486 g/mol. The van der Waals surface area contributed by atoms with Gasteiger partial charge in [-0.3, -0.25) is 14.5 Å². The minimum atomic E-state index is -0.876. The van der Waals surface area contributed by atoms with Crippen molar-refractivity contribution in [2.75, 3.05) is 4.90 Å². The Bertz CT molecular complexity index is 1380. The maximum Gasteiger partial charge on any atom is 0.249 e. The first-order valence-corrected chi connectivity index (χ1v) is 12.2. The van der Waals surface area contributed by atoms with E-state index in [1.54, 1.807) is 9.58 Å². The second-order valence-corrected chi connectivity index (χ2v) is 10.0. The molecule has 0 saturated heterocycles. The van der Waals surface area contributed by atoms with E-state index in [1.807, 2.05) is 101 Å². The first-order valence-electron chi connectivity index (χ1n) is 12.2. The summed E-state index contributed by atoms with van der Waals surface area (Å²) in [5.74, 6) is -0.495. The molecule has 4 rings (SSSR count). The van der Waals surface area contributed by atoms with Gasteiger partial charge in [-0.25, -0.2) is 4.68 Å². The second-order valence-electron chi connectivity index (χ2n) is 10.0. The van der Waals surface area contributed by atoms with Crippen LogP contribution in [0.5, 0.6) is 0 Å². The van der Waals surface area contributed by atoms with Crippen molar-refractivity contribution in [1.82, 2.24) is 24.9 Å². The Balaban J connectivity index is 1.84. The van der Waals surface area contributed by atoms with E-state index in [-0.39, 0.29) is 18.4 Å². The summed E-state index contributed by atoms with van der Waals surface area (Å²) in [7, 11) is 1.88. The molecular formula is C28H34N6O2. The summed E-state index contributed by atoms with van der Waals surface area (Å²) in [6.45, 7) is 9.91. The molecule has 36 heavy (non-hydrogen) atoms. The van der Waals surface area contributed by atoms with Crippen LogP contribution in [0.15, 0.2) is 60.8 Å². The third kappa shape index (κ3) is 5.17. The molecule has 8 nitrogen and oxygen atoms in total. The number of nitrogens with zero attached hydrogens (tertiary/aromatic N) is 5. The lowest BCUT2D eigenvalue weighted by molar-refractivity contribution is -0.128. The maximum absolute atomic E-state index is 14.1. The molecule has 188 valence electrons. The molecule has 0 aliphatic rings. The molecule has 0 aliphatic heterocycles. The average Bonchev–Trinajstić information content (AvgIpc) is 3.42. The van der Waals surface area contributed by atoms with Crippen LogP contribution in [-0.4, -0.2) is 36.9 Å². The molecule has 2 aromatic heterocycles. The highest BCUT2D eigenvalue weighted by Gasteiger charge is 2.36. The Morgan fingerprint density at radius 3 is 2.39 bits per heavy atom. The topological polar surface area (TPSA) is 85.0 Å². The first kappa shape index (κ1) is 25.2. The first-order chi connectivity index (χ1) is 17.1. The normalized spacial score (nSPS) is 12.5. The molecular weight excluding hydrogens is 452 g/mol. The number of nitrogens with one attached hydrogen (secondary N) is 1. The highest BCUT2D eigenvalue weighted by atomic mass is 16.2. The van der Waals surface area contributed by atoms with Crippen LogP contribution in [0.3, 0.4) is 0 Å². The van der Waals surface area contributed by atoms with Crippen molar-refractivity contribution in [3.8, 4) is 0 Å². The molecule has 1 atom stereocenters. The summed E-state index contributed by atoms with van der Waals surface area (Å²) in [6.07, 6.45) is 2.64. The smallest absolute Gasteiger partial charge is 0.249 e. The van der Waals surface area contributed by atoms with Crippen molar-refractivity contribution in [2.24, 2.45) is 7.05 Å². The number of benzene rings is 2. The minimum absolute atomic E-state index is 0.0567. The largest absolute Gasteiger partial charge is 0.352 e. The Morgan fingerprint density at radius 1 is 1.06 bits per heavy atom. The van der Waals surface area contributed by atoms with Crippen molar-refractivity contribution in [1.29, 1.82) is 0 Å². The van der Waals surface area contributed by atoms with Gasteiger partial charge >= 0.3 is 0 Å². The highest BCUT2D eigenvalue weighted by Crippen LogP contribution is 2.31. The van der Waals surface area contributed by atoms with Crippen molar-refractivity contribution in [3.63, 3.8) is 0 Å². The van der Waals surface area contributed by atoms with Crippen molar-refractivity contribution < 1.29 is 9.59 Å². The number of rotatable bonds is 8. The minimum Gasteiger partial charge on any atom is -0.352 e. The van der Waals surface area contributed by atoms with Crippen LogP contribution in [0.25, 0.3) is 11.0 Å². The van der Waals surface area contributed by atoms with Crippen molar-refractivity contribution in [3.05, 3.63) is 77.6 Å². The number of aromatic nitrogens is 4. The number of fused-ring (bicyclic) bond motifs is 1. The number of aryl methyl sites for hydroxylation is 3. The predicted molar refractivity (Wildman–Crippen MR) is 142 cm³/mol. The van der Waals surface area contributed by atoms with Gasteiger partial charge in [0, 0.05) is 24.5 Å². The number of amides is 2. The van der Waals surface area contributed by atoms with Gasteiger partial charge in [-0.15, -0.1) is 5.10 Å². The van der Waals surface area contributed by atoms with Gasteiger partial charge in [-0.1, -0.05) is 30.3 Å². The molecule has 1 unspecified atom stereocenters. The zero-order chi connectivity index (χ0) is 26.0. The molecule has 1 N–H and O–H groups in total. The van der Waals surface area contributed by atoms with Crippen LogP contribution < -0.4 is 10.2 Å². The van der Waals surface area contributed by atoms with Crippen LogP contribution in [-0.2, 0) is 23.2 Å². The quantitative estimate of drug-likeness (QED) is 0.398. The summed E-state index contributed by atoms with van der Waals surface area (Å²) in [5.41, 5.74) is 4.44. The lowest BCUT2D eigenvalue weighted by Crippen LogP contribution is -2.51. The zero-order valence-corrected chi connectivity index (χ0v) is 21.8. The molecule has 0 fully saturated rings. The fourth-order valence-corrected chi connectivity index (χ4v) is 4.40. The standard InChI is InChI=1S/C28H34N6O2/c1-7-28(4,5)29-27(36)26(24-13-10-14-32(24)6)34(21-16-19(2)15-20(3)17-21)25(35)18-33-23-12-9-8-11-22(23)30-31-33/h8-17,26H,7,18H2,1-6H3,(H,29,36). The molecule has 0 aliphatic carbocycles. The lowest BCUT2D eigenvalue weighted by atomic mass is 10.00. The van der Waals surface area contributed by atoms with Gasteiger partial charge in [0.05, 0.1) is 11.2 Å². The van der Waals surface area contributed by atoms with Gasteiger partial charge in [0.25, 0.3) is 0 Å². The molecule has 2 heterocycles. The molecule has 2 aromatic carbocycles. The number of carbonyl (C=O) groups excluding carboxylic acids is 2. The highest BCUT2D eigenvalue weighted by molar-refractivity contribution is 6.01. The summed E-state index contributed by atoms with van der Waals surface area (Å²) in [5, 5.41) is 11.6. The van der Waals surface area contributed by atoms with Crippen molar-refractivity contribution in [2.45, 2.75) is 59.2 Å². The van der Waals surface area contributed by atoms with E-state index >= 15 is 0 Å². The van der Waals surface area contributed by atoms with Gasteiger partial charge in [0.2, 0.25) is 11.8 Å². The van der Waals surface area contributed by atoms with E-state index in [9.17, 15) is 9.59 Å². The fraction of sp³-hybridized carbons (Fsp3) is 0.357. The summed E-state index contributed by atoms with van der Waals surface area (Å²) < 4.78 is 3.47. The van der Waals surface area contributed by atoms with E-state index in [0.717, 1.165) is 28.8 Å². The van der Waals surface area contributed by atoms with Crippen LogP contribution in [0.1, 0.15) is 50.1 Å². The molecule has 0 bridgehead atoms. The van der Waals surface area contributed by atoms with Gasteiger partial charge in [0.1, 0.15) is 12.1 Å². The Labute approximate surface area is 211 Å². The lowest BCUT2D eigenvalue weighted by Gasteiger charge is -2.35. The molecule has 4 aromatic rings. The van der Waals surface area contributed by atoms with Crippen LogP contribution in [0.2, 0.25) is 0 Å². The fourth-order valence-electron chi connectivity index (χ4n) is 4.40. The summed E-state index contributed by atoms with van der Waals surface area (Å²) in [4.78, 5) is 29.6.